The van der Waals surface area contributed by atoms with Crippen LogP contribution in [0.25, 0.3) is 0 Å². The van der Waals surface area contributed by atoms with E-state index >= 15 is 0 Å². The van der Waals surface area contributed by atoms with Gasteiger partial charge in [0, 0.05) is 31.4 Å². The Kier molecular flexibility index (Phi) is 5.04. The zero-order valence-corrected chi connectivity index (χ0v) is 11.2. The predicted octanol–water partition coefficient (Wildman–Crippen LogP) is 1.41. The van der Waals surface area contributed by atoms with Crippen LogP contribution >= 0.6 is 0 Å². The molecule has 1 heterocycles. The van der Waals surface area contributed by atoms with Crippen LogP contribution in [-0.4, -0.2) is 36.7 Å². The molecule has 0 spiro atoms. The van der Waals surface area contributed by atoms with Crippen molar-refractivity contribution in [3.63, 3.8) is 0 Å². The van der Waals surface area contributed by atoms with Gasteiger partial charge in [-0.1, -0.05) is 0 Å². The van der Waals surface area contributed by atoms with Crippen molar-refractivity contribution in [2.45, 2.75) is 18.9 Å². The van der Waals surface area contributed by atoms with E-state index in [9.17, 15) is 19.3 Å². The number of nitrogens with zero attached hydrogens (tertiary/aromatic N) is 1. The lowest BCUT2D eigenvalue weighted by atomic mass is 10.1. The Labute approximate surface area is 120 Å². The number of rotatable bonds is 5. The number of amides is 1. The Morgan fingerprint density at radius 1 is 1.48 bits per heavy atom. The summed E-state index contributed by atoms with van der Waals surface area (Å²) < 4.78 is 23.7. The lowest BCUT2D eigenvalue weighted by Gasteiger charge is -2.23. The molecule has 1 aliphatic heterocycles. The monoisotopic (exact) mass is 298 g/mol. The van der Waals surface area contributed by atoms with Crippen LogP contribution in [0.2, 0.25) is 0 Å². The molecule has 7 nitrogen and oxygen atoms in total. The smallest absolute Gasteiger partial charge is 0.305 e. The Hall–Kier alpha value is -2.22. The molecule has 0 saturated carbocycles. The van der Waals surface area contributed by atoms with Gasteiger partial charge in [-0.05, 0) is 18.9 Å². The number of ether oxygens (including phenoxy) is 2. The number of benzene rings is 1. The van der Waals surface area contributed by atoms with E-state index in [2.05, 4.69) is 5.32 Å². The fraction of sp³-hybridized carbons (Fsp3) is 0.462. The molecule has 0 aromatic heterocycles. The first kappa shape index (κ1) is 15.2. The minimum atomic E-state index is -0.998. The Morgan fingerprint density at radius 2 is 2.19 bits per heavy atom. The third-order valence-electron chi connectivity index (χ3n) is 3.07. The van der Waals surface area contributed by atoms with Gasteiger partial charge in [-0.2, -0.15) is 4.39 Å². The first-order valence-electron chi connectivity index (χ1n) is 6.50. The molecule has 1 aromatic carbocycles. The first-order chi connectivity index (χ1) is 10.1. The lowest BCUT2D eigenvalue weighted by Crippen LogP contribution is -2.41. The number of carbonyl (C=O) groups excluding carboxylic acids is 1. The van der Waals surface area contributed by atoms with Crippen molar-refractivity contribution >= 4 is 11.6 Å². The summed E-state index contributed by atoms with van der Waals surface area (Å²) in [5, 5.41) is 13.3. The Morgan fingerprint density at radius 3 is 2.81 bits per heavy atom. The van der Waals surface area contributed by atoms with Crippen molar-refractivity contribution in [3.8, 4) is 5.75 Å². The highest BCUT2D eigenvalue weighted by Gasteiger charge is 2.17. The minimum absolute atomic E-state index is 0.0587. The molecule has 0 aliphatic carbocycles. The van der Waals surface area contributed by atoms with Crippen LogP contribution in [0.15, 0.2) is 18.2 Å². The van der Waals surface area contributed by atoms with Crippen LogP contribution in [0.1, 0.15) is 12.8 Å². The van der Waals surface area contributed by atoms with Gasteiger partial charge in [0.25, 0.3) is 5.91 Å². The average Bonchev–Trinajstić information content (AvgIpc) is 2.46. The van der Waals surface area contributed by atoms with Gasteiger partial charge in [0.1, 0.15) is 5.75 Å². The number of nitro groups is 1. The molecule has 21 heavy (non-hydrogen) atoms. The van der Waals surface area contributed by atoms with E-state index in [0.29, 0.717) is 13.2 Å². The molecule has 0 radical (unpaired) electrons. The summed E-state index contributed by atoms with van der Waals surface area (Å²) >= 11 is 0. The second-order valence-electron chi connectivity index (χ2n) is 4.61. The summed E-state index contributed by atoms with van der Waals surface area (Å²) in [6, 6.07) is 3.20. The molecule has 1 aromatic rings. The highest BCUT2D eigenvalue weighted by molar-refractivity contribution is 5.77. The quantitative estimate of drug-likeness (QED) is 0.655. The zero-order chi connectivity index (χ0) is 15.2. The van der Waals surface area contributed by atoms with E-state index in [1.807, 2.05) is 0 Å². The van der Waals surface area contributed by atoms with Gasteiger partial charge in [-0.25, -0.2) is 0 Å². The third kappa shape index (κ3) is 4.38. The van der Waals surface area contributed by atoms with Crippen LogP contribution in [0, 0.1) is 15.9 Å². The number of nitrogens with one attached hydrogen (secondary N) is 1. The van der Waals surface area contributed by atoms with Gasteiger partial charge >= 0.3 is 5.69 Å². The van der Waals surface area contributed by atoms with Crippen molar-refractivity contribution in [1.82, 2.24) is 5.32 Å². The SMILES string of the molecule is O=C(COc1ccc([N+](=O)[O-])c(F)c1)NC1CCOCC1. The number of hydrogen-bond donors (Lipinski definition) is 1. The van der Waals surface area contributed by atoms with Crippen molar-refractivity contribution in [3.05, 3.63) is 34.1 Å². The number of nitro benzene ring substituents is 1. The molecule has 2 rings (SSSR count). The summed E-state index contributed by atoms with van der Waals surface area (Å²) in [5.41, 5.74) is -0.631. The van der Waals surface area contributed by atoms with E-state index in [1.54, 1.807) is 0 Å². The van der Waals surface area contributed by atoms with E-state index in [-0.39, 0.29) is 24.3 Å². The second kappa shape index (κ2) is 6.98. The Bertz CT molecular complexity index is 531. The topological polar surface area (TPSA) is 90.7 Å². The molecule has 8 heteroatoms. The van der Waals surface area contributed by atoms with E-state index < -0.39 is 16.4 Å². The third-order valence-corrected chi connectivity index (χ3v) is 3.07. The number of hydrogen-bond acceptors (Lipinski definition) is 5. The highest BCUT2D eigenvalue weighted by Crippen LogP contribution is 2.22. The van der Waals surface area contributed by atoms with Crippen LogP contribution in [0.4, 0.5) is 10.1 Å². The first-order valence-corrected chi connectivity index (χ1v) is 6.50. The molecule has 1 aliphatic rings. The summed E-state index contributed by atoms with van der Waals surface area (Å²) in [6.07, 6.45) is 1.50. The largest absolute Gasteiger partial charge is 0.484 e. The maximum absolute atomic E-state index is 13.4. The minimum Gasteiger partial charge on any atom is -0.484 e. The molecular formula is C13H15FN2O5. The van der Waals surface area contributed by atoms with Crippen LogP contribution < -0.4 is 10.1 Å². The fourth-order valence-corrected chi connectivity index (χ4v) is 1.99. The van der Waals surface area contributed by atoms with Gasteiger partial charge in [0.15, 0.2) is 6.61 Å². The standard InChI is InChI=1S/C13H15FN2O5/c14-11-7-10(1-2-12(11)16(18)19)21-8-13(17)15-9-3-5-20-6-4-9/h1-2,7,9H,3-6,8H2,(H,15,17). The molecule has 0 atom stereocenters. The average molecular weight is 298 g/mol. The summed E-state index contributed by atoms with van der Waals surface area (Å²) in [7, 11) is 0. The predicted molar refractivity (Wildman–Crippen MR) is 70.5 cm³/mol. The molecule has 114 valence electrons. The lowest BCUT2D eigenvalue weighted by molar-refractivity contribution is -0.387. The summed E-state index contributed by atoms with van der Waals surface area (Å²) in [4.78, 5) is 21.3. The molecule has 1 N–H and O–H groups in total. The van der Waals surface area contributed by atoms with Crippen molar-refractivity contribution < 1.29 is 23.6 Å². The molecular weight excluding hydrogens is 283 g/mol. The van der Waals surface area contributed by atoms with Gasteiger partial charge in [-0.3, -0.25) is 14.9 Å². The molecule has 1 saturated heterocycles. The molecule has 0 unspecified atom stereocenters. The second-order valence-corrected chi connectivity index (χ2v) is 4.61. The number of halogens is 1. The van der Waals surface area contributed by atoms with Gasteiger partial charge in [-0.15, -0.1) is 0 Å². The van der Waals surface area contributed by atoms with Crippen LogP contribution in [-0.2, 0) is 9.53 Å². The maximum atomic E-state index is 13.4. The normalized spacial score (nSPS) is 15.5. The van der Waals surface area contributed by atoms with E-state index in [1.165, 1.54) is 6.07 Å². The van der Waals surface area contributed by atoms with Crippen molar-refractivity contribution in [2.24, 2.45) is 0 Å². The van der Waals surface area contributed by atoms with Gasteiger partial charge in [0.05, 0.1) is 4.92 Å². The van der Waals surface area contributed by atoms with Gasteiger partial charge < -0.3 is 14.8 Å². The maximum Gasteiger partial charge on any atom is 0.305 e. The molecule has 0 bridgehead atoms. The van der Waals surface area contributed by atoms with Gasteiger partial charge in [0.2, 0.25) is 5.82 Å². The molecule has 1 amide bonds. The Balaban J connectivity index is 1.83. The summed E-state index contributed by atoms with van der Waals surface area (Å²) in [5.74, 6) is -1.25. The number of carbonyl (C=O) groups is 1. The van der Waals surface area contributed by atoms with Crippen molar-refractivity contribution in [2.75, 3.05) is 19.8 Å². The molecule has 1 fully saturated rings. The fourth-order valence-electron chi connectivity index (χ4n) is 1.99. The van der Waals surface area contributed by atoms with Crippen LogP contribution in [0.5, 0.6) is 5.75 Å². The summed E-state index contributed by atoms with van der Waals surface area (Å²) in [6.45, 7) is 0.952. The van der Waals surface area contributed by atoms with Crippen LogP contribution in [0.3, 0.4) is 0 Å². The zero-order valence-electron chi connectivity index (χ0n) is 11.2. The van der Waals surface area contributed by atoms with E-state index in [0.717, 1.165) is 25.0 Å². The van der Waals surface area contributed by atoms with E-state index in [4.69, 9.17) is 9.47 Å². The highest BCUT2D eigenvalue weighted by atomic mass is 19.1. The van der Waals surface area contributed by atoms with Crippen molar-refractivity contribution in [1.29, 1.82) is 0 Å².